The molecule has 0 atom stereocenters. The Morgan fingerprint density at radius 3 is 3.08 bits per heavy atom. The van der Waals surface area contributed by atoms with Crippen molar-refractivity contribution in [3.63, 3.8) is 0 Å². The van der Waals surface area contributed by atoms with Crippen LogP contribution in [0.3, 0.4) is 0 Å². The highest BCUT2D eigenvalue weighted by molar-refractivity contribution is 7.18. The van der Waals surface area contributed by atoms with Gasteiger partial charge in [0.05, 0.1) is 21.8 Å². The van der Waals surface area contributed by atoms with Gasteiger partial charge < -0.3 is 10.1 Å². The van der Waals surface area contributed by atoms with Crippen molar-refractivity contribution in [2.75, 3.05) is 13.2 Å². The number of benzene rings is 2. The van der Waals surface area contributed by atoms with Crippen molar-refractivity contribution in [3.05, 3.63) is 58.6 Å². The van der Waals surface area contributed by atoms with Crippen LogP contribution in [0.4, 0.5) is 0 Å². The normalized spacial score (nSPS) is 12.8. The van der Waals surface area contributed by atoms with E-state index in [1.54, 1.807) is 11.3 Å². The lowest BCUT2D eigenvalue weighted by Crippen LogP contribution is -2.24. The Balaban J connectivity index is 1.30. The average Bonchev–Trinajstić information content (AvgIpc) is 3.23. The summed E-state index contributed by atoms with van der Waals surface area (Å²) in [6.07, 6.45) is 2.66. The van der Waals surface area contributed by atoms with Gasteiger partial charge in [-0.1, -0.05) is 12.1 Å². The zero-order valence-electron chi connectivity index (χ0n) is 13.2. The van der Waals surface area contributed by atoms with Crippen molar-refractivity contribution in [1.82, 2.24) is 10.3 Å². The van der Waals surface area contributed by atoms with E-state index in [1.807, 2.05) is 36.4 Å². The van der Waals surface area contributed by atoms with Crippen LogP contribution in [0.15, 0.2) is 42.5 Å². The third kappa shape index (κ3) is 3.12. The standard InChI is InChI=1S/C19H18N2O2S/c22-19(14-7-8-16-13(12-14)9-11-23-16)20-10-3-6-18-21-15-4-1-2-5-17(15)24-18/h1-2,4-5,7-8,12H,3,6,9-11H2,(H,20,22). The number of hydrogen-bond acceptors (Lipinski definition) is 4. The highest BCUT2D eigenvalue weighted by Crippen LogP contribution is 2.26. The van der Waals surface area contributed by atoms with E-state index in [1.165, 1.54) is 4.70 Å². The molecule has 5 heteroatoms. The van der Waals surface area contributed by atoms with E-state index in [4.69, 9.17) is 4.74 Å². The van der Waals surface area contributed by atoms with E-state index in [9.17, 15) is 4.79 Å². The number of thiazole rings is 1. The summed E-state index contributed by atoms with van der Waals surface area (Å²) in [7, 11) is 0. The number of ether oxygens (including phenoxy) is 1. The fraction of sp³-hybridized carbons (Fsp3) is 0.263. The molecule has 1 aliphatic rings. The number of hydrogen-bond donors (Lipinski definition) is 1. The minimum absolute atomic E-state index is 0.0194. The van der Waals surface area contributed by atoms with Crippen LogP contribution in [-0.4, -0.2) is 24.0 Å². The van der Waals surface area contributed by atoms with Gasteiger partial charge in [0.1, 0.15) is 5.75 Å². The number of nitrogens with one attached hydrogen (secondary N) is 1. The largest absolute Gasteiger partial charge is 0.493 e. The summed E-state index contributed by atoms with van der Waals surface area (Å²) in [5, 5.41) is 4.12. The Kier molecular flexibility index (Phi) is 4.17. The molecule has 1 aliphatic heterocycles. The number of para-hydroxylation sites is 1. The average molecular weight is 338 g/mol. The van der Waals surface area contributed by atoms with Crippen LogP contribution >= 0.6 is 11.3 Å². The maximum atomic E-state index is 12.2. The number of carbonyl (C=O) groups excluding carboxylic acids is 1. The second-order valence-corrected chi connectivity index (χ2v) is 6.97. The number of aryl methyl sites for hydroxylation is 1. The molecule has 2 aromatic carbocycles. The number of fused-ring (bicyclic) bond motifs is 2. The monoisotopic (exact) mass is 338 g/mol. The van der Waals surface area contributed by atoms with Crippen LogP contribution in [0.5, 0.6) is 5.75 Å². The summed E-state index contributed by atoms with van der Waals surface area (Å²) in [6, 6.07) is 13.8. The molecule has 3 aromatic rings. The van der Waals surface area contributed by atoms with E-state index < -0.39 is 0 Å². The molecular formula is C19H18N2O2S. The van der Waals surface area contributed by atoms with Crippen LogP contribution in [0.1, 0.15) is 27.3 Å². The van der Waals surface area contributed by atoms with Gasteiger partial charge in [-0.25, -0.2) is 4.98 Å². The van der Waals surface area contributed by atoms with Crippen LogP contribution in [-0.2, 0) is 12.8 Å². The zero-order chi connectivity index (χ0) is 16.4. The second kappa shape index (κ2) is 6.61. The third-order valence-corrected chi connectivity index (χ3v) is 5.24. The van der Waals surface area contributed by atoms with Gasteiger partial charge >= 0.3 is 0 Å². The smallest absolute Gasteiger partial charge is 0.251 e. The van der Waals surface area contributed by atoms with Gasteiger partial charge in [0.15, 0.2) is 0 Å². The number of amides is 1. The fourth-order valence-electron chi connectivity index (χ4n) is 2.90. The molecule has 4 nitrogen and oxygen atoms in total. The molecule has 0 aliphatic carbocycles. The highest BCUT2D eigenvalue weighted by atomic mass is 32.1. The molecule has 4 rings (SSSR count). The molecule has 0 radical (unpaired) electrons. The van der Waals surface area contributed by atoms with E-state index in [0.717, 1.165) is 41.1 Å². The Bertz CT molecular complexity index is 855. The zero-order valence-corrected chi connectivity index (χ0v) is 14.1. The van der Waals surface area contributed by atoms with Crippen LogP contribution < -0.4 is 10.1 Å². The molecule has 0 spiro atoms. The Hall–Kier alpha value is -2.40. The van der Waals surface area contributed by atoms with Gasteiger partial charge in [-0.3, -0.25) is 4.79 Å². The molecule has 1 N–H and O–H groups in total. The summed E-state index contributed by atoms with van der Waals surface area (Å²) in [5.41, 5.74) is 2.89. The topological polar surface area (TPSA) is 51.2 Å². The van der Waals surface area contributed by atoms with Crippen molar-refractivity contribution in [2.45, 2.75) is 19.3 Å². The van der Waals surface area contributed by atoms with Gasteiger partial charge in [0.25, 0.3) is 5.91 Å². The molecule has 0 bridgehead atoms. The number of nitrogens with zero attached hydrogens (tertiary/aromatic N) is 1. The first kappa shape index (κ1) is 15.1. The number of aromatic nitrogens is 1. The molecule has 122 valence electrons. The molecule has 2 heterocycles. The van der Waals surface area contributed by atoms with Crippen LogP contribution in [0, 0.1) is 0 Å². The number of rotatable bonds is 5. The molecule has 1 amide bonds. The van der Waals surface area contributed by atoms with Crippen molar-refractivity contribution >= 4 is 27.5 Å². The minimum atomic E-state index is -0.0194. The number of carbonyl (C=O) groups is 1. The summed E-state index contributed by atoms with van der Waals surface area (Å²) >= 11 is 1.73. The summed E-state index contributed by atoms with van der Waals surface area (Å²) in [6.45, 7) is 1.37. The Labute approximate surface area is 144 Å². The summed E-state index contributed by atoms with van der Waals surface area (Å²) in [4.78, 5) is 16.9. The predicted octanol–water partition coefficient (Wildman–Crippen LogP) is 3.59. The van der Waals surface area contributed by atoms with Crippen molar-refractivity contribution in [1.29, 1.82) is 0 Å². The minimum Gasteiger partial charge on any atom is -0.493 e. The third-order valence-electron chi connectivity index (χ3n) is 4.14. The van der Waals surface area contributed by atoms with Crippen molar-refractivity contribution in [2.24, 2.45) is 0 Å². The summed E-state index contributed by atoms with van der Waals surface area (Å²) < 4.78 is 6.69. The molecule has 1 aromatic heterocycles. The molecular weight excluding hydrogens is 320 g/mol. The highest BCUT2D eigenvalue weighted by Gasteiger charge is 2.14. The maximum absolute atomic E-state index is 12.2. The molecule has 0 saturated heterocycles. The van der Waals surface area contributed by atoms with E-state index in [-0.39, 0.29) is 5.91 Å². The van der Waals surface area contributed by atoms with Crippen LogP contribution in [0.25, 0.3) is 10.2 Å². The van der Waals surface area contributed by atoms with Crippen molar-refractivity contribution < 1.29 is 9.53 Å². The lowest BCUT2D eigenvalue weighted by atomic mass is 10.1. The summed E-state index contributed by atoms with van der Waals surface area (Å²) in [5.74, 6) is 0.886. The molecule has 0 unspecified atom stereocenters. The quantitative estimate of drug-likeness (QED) is 0.723. The second-order valence-electron chi connectivity index (χ2n) is 5.86. The van der Waals surface area contributed by atoms with Gasteiger partial charge in [0, 0.05) is 24.9 Å². The lowest BCUT2D eigenvalue weighted by Gasteiger charge is -2.06. The SMILES string of the molecule is O=C(NCCCc1nc2ccccc2s1)c1ccc2c(c1)CCO2. The Morgan fingerprint density at radius 2 is 2.17 bits per heavy atom. The fourth-order valence-corrected chi connectivity index (χ4v) is 3.91. The lowest BCUT2D eigenvalue weighted by molar-refractivity contribution is 0.0953. The molecule has 0 saturated carbocycles. The predicted molar refractivity (Wildman–Crippen MR) is 95.9 cm³/mol. The Morgan fingerprint density at radius 1 is 1.25 bits per heavy atom. The maximum Gasteiger partial charge on any atom is 0.251 e. The molecule has 24 heavy (non-hydrogen) atoms. The molecule has 0 fully saturated rings. The van der Waals surface area contributed by atoms with Gasteiger partial charge in [0.2, 0.25) is 0 Å². The first-order valence-electron chi connectivity index (χ1n) is 8.18. The van der Waals surface area contributed by atoms with E-state index in [0.29, 0.717) is 18.7 Å². The van der Waals surface area contributed by atoms with Gasteiger partial charge in [-0.15, -0.1) is 11.3 Å². The van der Waals surface area contributed by atoms with E-state index in [2.05, 4.69) is 16.4 Å². The van der Waals surface area contributed by atoms with Crippen LogP contribution in [0.2, 0.25) is 0 Å². The van der Waals surface area contributed by atoms with E-state index >= 15 is 0 Å². The first-order valence-corrected chi connectivity index (χ1v) is 8.99. The van der Waals surface area contributed by atoms with Gasteiger partial charge in [-0.2, -0.15) is 0 Å². The van der Waals surface area contributed by atoms with Gasteiger partial charge in [-0.05, 0) is 42.3 Å². The van der Waals surface area contributed by atoms with Crippen molar-refractivity contribution in [3.8, 4) is 5.75 Å². The first-order chi connectivity index (χ1) is 11.8.